The van der Waals surface area contributed by atoms with Crippen molar-refractivity contribution in [1.29, 1.82) is 0 Å². The molecule has 0 aliphatic heterocycles. The van der Waals surface area contributed by atoms with Crippen LogP contribution in [0.4, 0.5) is 10.5 Å². The minimum atomic E-state index is -0.535. The van der Waals surface area contributed by atoms with Gasteiger partial charge in [-0.2, -0.15) is 0 Å². The van der Waals surface area contributed by atoms with E-state index in [1.807, 2.05) is 31.2 Å². The van der Waals surface area contributed by atoms with E-state index in [0.29, 0.717) is 23.7 Å². The molecule has 2 N–H and O–H groups in total. The van der Waals surface area contributed by atoms with Crippen molar-refractivity contribution in [2.45, 2.75) is 13.5 Å². The Hall–Kier alpha value is -3.48. The Morgan fingerprint density at radius 2 is 1.79 bits per heavy atom. The fraction of sp³-hybridized carbons (Fsp3) is 0.238. The van der Waals surface area contributed by atoms with E-state index < -0.39 is 6.09 Å². The van der Waals surface area contributed by atoms with Gasteiger partial charge in [0.15, 0.2) is 18.1 Å². The first-order chi connectivity index (χ1) is 13.5. The minimum absolute atomic E-state index is 0.124. The number of amides is 2. The zero-order valence-corrected chi connectivity index (χ0v) is 16.2. The van der Waals surface area contributed by atoms with Crippen molar-refractivity contribution in [3.8, 4) is 11.5 Å². The maximum atomic E-state index is 12.0. The Balaban J connectivity index is 1.83. The Labute approximate surface area is 164 Å². The Morgan fingerprint density at radius 3 is 2.43 bits per heavy atom. The van der Waals surface area contributed by atoms with Gasteiger partial charge in [-0.1, -0.05) is 30.4 Å². The molecule has 2 amide bonds. The van der Waals surface area contributed by atoms with E-state index in [4.69, 9.17) is 9.47 Å². The largest absolute Gasteiger partial charge is 0.493 e. The van der Waals surface area contributed by atoms with E-state index in [2.05, 4.69) is 15.4 Å². The summed E-state index contributed by atoms with van der Waals surface area (Å²) in [6, 6.07) is 12.6. The maximum absolute atomic E-state index is 12.0. The topological polar surface area (TPSA) is 85.9 Å². The van der Waals surface area contributed by atoms with Crippen LogP contribution >= 0.6 is 0 Å². The Kier molecular flexibility index (Phi) is 7.90. The molecule has 0 saturated heterocycles. The van der Waals surface area contributed by atoms with Crippen molar-refractivity contribution in [1.82, 2.24) is 5.32 Å². The first-order valence-electron chi connectivity index (χ1n) is 8.70. The molecule has 0 heterocycles. The highest BCUT2D eigenvalue weighted by atomic mass is 16.5. The predicted molar refractivity (Wildman–Crippen MR) is 108 cm³/mol. The fourth-order valence-corrected chi connectivity index (χ4v) is 2.37. The third kappa shape index (κ3) is 6.35. The van der Waals surface area contributed by atoms with Crippen LogP contribution < -0.4 is 20.1 Å². The number of allylic oxidation sites excluding steroid dienone is 1. The number of anilines is 1. The lowest BCUT2D eigenvalue weighted by atomic mass is 10.2. The molecule has 28 heavy (non-hydrogen) atoms. The van der Waals surface area contributed by atoms with Crippen LogP contribution in [0.15, 0.2) is 48.5 Å². The summed E-state index contributed by atoms with van der Waals surface area (Å²) in [4.78, 5) is 23.2. The van der Waals surface area contributed by atoms with Crippen LogP contribution in [0.2, 0.25) is 0 Å². The molecule has 2 aromatic carbocycles. The minimum Gasteiger partial charge on any atom is -0.493 e. The number of methoxy groups -OCH3 is 2. The average Bonchev–Trinajstić information content (AvgIpc) is 2.72. The van der Waals surface area contributed by atoms with Crippen LogP contribution in [0.25, 0.3) is 6.08 Å². The normalized spacial score (nSPS) is 10.4. The summed E-state index contributed by atoms with van der Waals surface area (Å²) in [5.41, 5.74) is 2.48. The van der Waals surface area contributed by atoms with Gasteiger partial charge in [0.1, 0.15) is 0 Å². The number of benzene rings is 2. The van der Waals surface area contributed by atoms with Gasteiger partial charge in [-0.25, -0.2) is 4.79 Å². The van der Waals surface area contributed by atoms with Crippen molar-refractivity contribution in [2.24, 2.45) is 0 Å². The lowest BCUT2D eigenvalue weighted by molar-refractivity contribution is -0.123. The van der Waals surface area contributed by atoms with Gasteiger partial charge in [-0.05, 0) is 42.3 Å². The monoisotopic (exact) mass is 384 g/mol. The van der Waals surface area contributed by atoms with Crippen molar-refractivity contribution in [2.75, 3.05) is 26.1 Å². The van der Waals surface area contributed by atoms with Crippen molar-refractivity contribution >= 4 is 23.8 Å². The molecule has 0 atom stereocenters. The van der Waals surface area contributed by atoms with Gasteiger partial charge in [0.2, 0.25) is 0 Å². The van der Waals surface area contributed by atoms with Crippen LogP contribution in [-0.2, 0) is 16.1 Å². The quantitative estimate of drug-likeness (QED) is 0.726. The summed E-state index contributed by atoms with van der Waals surface area (Å²) in [6.45, 7) is 2.16. The van der Waals surface area contributed by atoms with Gasteiger partial charge in [0.25, 0.3) is 5.91 Å². The molecular weight excluding hydrogens is 360 g/mol. The van der Waals surface area contributed by atoms with Crippen LogP contribution in [0, 0.1) is 0 Å². The second-order valence-electron chi connectivity index (χ2n) is 5.79. The third-order valence-corrected chi connectivity index (χ3v) is 3.78. The first-order valence-corrected chi connectivity index (χ1v) is 8.70. The molecule has 2 aromatic rings. The van der Waals surface area contributed by atoms with E-state index in [-0.39, 0.29) is 12.5 Å². The van der Waals surface area contributed by atoms with Crippen molar-refractivity contribution in [3.63, 3.8) is 0 Å². The molecule has 0 aromatic heterocycles. The summed E-state index contributed by atoms with van der Waals surface area (Å²) < 4.78 is 15.4. The molecule has 0 unspecified atom stereocenters. The molecule has 0 spiro atoms. The van der Waals surface area contributed by atoms with E-state index >= 15 is 0 Å². The predicted octanol–water partition coefficient (Wildman–Crippen LogP) is 3.60. The SMILES string of the molecule is CC=Cc1ccc(OCC(=O)NCc2ccc(NC(=O)OC)cc2)c(OC)c1. The fourth-order valence-electron chi connectivity index (χ4n) is 2.37. The van der Waals surface area contributed by atoms with Crippen LogP contribution in [0.3, 0.4) is 0 Å². The molecular formula is C21H24N2O5. The smallest absolute Gasteiger partial charge is 0.411 e. The zero-order chi connectivity index (χ0) is 20.4. The van der Waals surface area contributed by atoms with Crippen LogP contribution in [0.1, 0.15) is 18.1 Å². The molecule has 0 fully saturated rings. The molecule has 7 heteroatoms. The van der Waals surface area contributed by atoms with E-state index in [9.17, 15) is 9.59 Å². The number of ether oxygens (including phenoxy) is 3. The number of hydrogen-bond acceptors (Lipinski definition) is 5. The van der Waals surface area contributed by atoms with Crippen molar-refractivity contribution < 1.29 is 23.8 Å². The summed E-state index contributed by atoms with van der Waals surface area (Å²) >= 11 is 0. The summed E-state index contributed by atoms with van der Waals surface area (Å²) in [5.74, 6) is 0.817. The van der Waals surface area contributed by atoms with Gasteiger partial charge in [-0.3, -0.25) is 10.1 Å². The molecule has 0 aliphatic carbocycles. The van der Waals surface area contributed by atoms with Gasteiger partial charge < -0.3 is 19.5 Å². The average molecular weight is 384 g/mol. The zero-order valence-electron chi connectivity index (χ0n) is 16.2. The molecule has 0 bridgehead atoms. The number of nitrogens with one attached hydrogen (secondary N) is 2. The lowest BCUT2D eigenvalue weighted by Gasteiger charge is -2.12. The molecule has 0 saturated carbocycles. The molecule has 0 radical (unpaired) electrons. The van der Waals surface area contributed by atoms with Gasteiger partial charge in [0.05, 0.1) is 14.2 Å². The van der Waals surface area contributed by atoms with Crippen LogP contribution in [0.5, 0.6) is 11.5 Å². The van der Waals surface area contributed by atoms with Crippen molar-refractivity contribution in [3.05, 3.63) is 59.7 Å². The van der Waals surface area contributed by atoms with E-state index in [0.717, 1.165) is 11.1 Å². The molecule has 7 nitrogen and oxygen atoms in total. The number of hydrogen-bond donors (Lipinski definition) is 2. The maximum Gasteiger partial charge on any atom is 0.411 e. The van der Waals surface area contributed by atoms with E-state index in [1.165, 1.54) is 7.11 Å². The Bertz CT molecular complexity index is 831. The standard InChI is InChI=1S/C21H24N2O5/c1-4-5-15-8-11-18(19(12-15)26-2)28-14-20(24)22-13-16-6-9-17(10-7-16)23-21(25)27-3/h4-12H,13-14H2,1-3H3,(H,22,24)(H,23,25). The summed E-state index contributed by atoms with van der Waals surface area (Å²) in [7, 11) is 2.86. The molecule has 148 valence electrons. The molecule has 0 aliphatic rings. The number of carbonyl (C=O) groups excluding carboxylic acids is 2. The van der Waals surface area contributed by atoms with Gasteiger partial charge >= 0.3 is 6.09 Å². The highest BCUT2D eigenvalue weighted by Crippen LogP contribution is 2.28. The highest BCUT2D eigenvalue weighted by Gasteiger charge is 2.08. The van der Waals surface area contributed by atoms with Gasteiger partial charge in [-0.15, -0.1) is 0 Å². The summed E-state index contributed by atoms with van der Waals surface area (Å²) in [5, 5.41) is 5.34. The first kappa shape index (κ1) is 20.8. The number of carbonyl (C=O) groups is 2. The summed E-state index contributed by atoms with van der Waals surface area (Å²) in [6.07, 6.45) is 3.35. The van der Waals surface area contributed by atoms with Gasteiger partial charge in [0, 0.05) is 12.2 Å². The molecule has 2 rings (SSSR count). The Morgan fingerprint density at radius 1 is 1.04 bits per heavy atom. The highest BCUT2D eigenvalue weighted by molar-refractivity contribution is 5.84. The lowest BCUT2D eigenvalue weighted by Crippen LogP contribution is -2.28. The van der Waals surface area contributed by atoms with Crippen LogP contribution in [-0.4, -0.2) is 32.8 Å². The second kappa shape index (κ2) is 10.6. The van der Waals surface area contributed by atoms with E-state index in [1.54, 1.807) is 37.4 Å². The third-order valence-electron chi connectivity index (χ3n) is 3.78. The second-order valence-corrected chi connectivity index (χ2v) is 5.79. The number of rotatable bonds is 8.